The molecule has 2 N–H and O–H groups in total. The zero-order valence-electron chi connectivity index (χ0n) is 9.79. The van der Waals surface area contributed by atoms with Crippen molar-refractivity contribution >= 4 is 6.09 Å². The van der Waals surface area contributed by atoms with Gasteiger partial charge in [0, 0.05) is 14.1 Å². The van der Waals surface area contributed by atoms with Crippen LogP contribution in [0.1, 0.15) is 38.5 Å². The molecule has 0 heterocycles. The van der Waals surface area contributed by atoms with E-state index in [1.807, 2.05) is 0 Å². The molecule has 4 heteroatoms. The number of hydrogen-bond acceptors (Lipinski definition) is 3. The summed E-state index contributed by atoms with van der Waals surface area (Å²) < 4.78 is 5.16. The first-order valence-electron chi connectivity index (χ1n) is 5.66. The van der Waals surface area contributed by atoms with Gasteiger partial charge in [-0.2, -0.15) is 0 Å². The zero-order chi connectivity index (χ0) is 11.3. The van der Waals surface area contributed by atoms with Crippen LogP contribution >= 0.6 is 0 Å². The van der Waals surface area contributed by atoms with Crippen LogP contribution in [0.2, 0.25) is 0 Å². The molecule has 0 spiro atoms. The normalized spacial score (nSPS) is 20.5. The molecule has 1 fully saturated rings. The highest BCUT2D eigenvalue weighted by Gasteiger charge is 2.28. The quantitative estimate of drug-likeness (QED) is 0.712. The van der Waals surface area contributed by atoms with Crippen LogP contribution in [0.4, 0.5) is 4.79 Å². The summed E-state index contributed by atoms with van der Waals surface area (Å²) >= 11 is 0. The van der Waals surface area contributed by atoms with Gasteiger partial charge >= 0.3 is 6.09 Å². The Balaban J connectivity index is 2.37. The van der Waals surface area contributed by atoms with Gasteiger partial charge in [-0.15, -0.1) is 0 Å². The van der Waals surface area contributed by atoms with Crippen molar-refractivity contribution in [3.63, 3.8) is 0 Å². The second kappa shape index (κ2) is 5.35. The predicted molar refractivity (Wildman–Crippen MR) is 59.7 cm³/mol. The van der Waals surface area contributed by atoms with Crippen molar-refractivity contribution in [3.8, 4) is 0 Å². The molecule has 1 saturated carbocycles. The number of amides is 1. The second-order valence-corrected chi connectivity index (χ2v) is 4.73. The van der Waals surface area contributed by atoms with Crippen LogP contribution in [0.3, 0.4) is 0 Å². The van der Waals surface area contributed by atoms with Crippen molar-refractivity contribution in [3.05, 3.63) is 0 Å². The van der Waals surface area contributed by atoms with Crippen molar-refractivity contribution in [2.45, 2.75) is 44.1 Å². The summed E-state index contributed by atoms with van der Waals surface area (Å²) in [5.74, 6) is 0. The van der Waals surface area contributed by atoms with Crippen molar-refractivity contribution in [2.24, 2.45) is 5.73 Å². The van der Waals surface area contributed by atoms with Gasteiger partial charge in [0.05, 0.1) is 5.54 Å². The van der Waals surface area contributed by atoms with Gasteiger partial charge in [-0.3, -0.25) is 0 Å². The summed E-state index contributed by atoms with van der Waals surface area (Å²) in [4.78, 5) is 12.7. The summed E-state index contributed by atoms with van der Waals surface area (Å²) in [7, 11) is 3.36. The lowest BCUT2D eigenvalue weighted by Gasteiger charge is -2.27. The number of ether oxygens (including phenoxy) is 1. The number of carbonyl (C=O) groups excluding carboxylic acids is 1. The second-order valence-electron chi connectivity index (χ2n) is 4.73. The lowest BCUT2D eigenvalue weighted by atomic mass is 9.93. The van der Waals surface area contributed by atoms with E-state index in [-0.39, 0.29) is 11.6 Å². The monoisotopic (exact) mass is 214 g/mol. The predicted octanol–water partition coefficient (Wildman–Crippen LogP) is 1.74. The average molecular weight is 214 g/mol. The Morgan fingerprint density at radius 1 is 1.27 bits per heavy atom. The molecule has 15 heavy (non-hydrogen) atoms. The minimum Gasteiger partial charge on any atom is -0.447 e. The average Bonchev–Trinajstić information content (AvgIpc) is 2.40. The summed E-state index contributed by atoms with van der Waals surface area (Å²) in [6.07, 6.45) is 6.43. The maximum atomic E-state index is 11.3. The molecule has 0 atom stereocenters. The van der Waals surface area contributed by atoms with Crippen LogP contribution in [0, 0.1) is 0 Å². The molecule has 0 unspecified atom stereocenters. The molecule has 0 saturated heterocycles. The van der Waals surface area contributed by atoms with Crippen molar-refractivity contribution in [1.82, 2.24) is 4.90 Å². The van der Waals surface area contributed by atoms with E-state index in [0.29, 0.717) is 6.61 Å². The summed E-state index contributed by atoms with van der Waals surface area (Å²) in [5, 5.41) is 0. The van der Waals surface area contributed by atoms with Crippen molar-refractivity contribution in [2.75, 3.05) is 20.7 Å². The van der Waals surface area contributed by atoms with Crippen LogP contribution in [0.5, 0.6) is 0 Å². The van der Waals surface area contributed by atoms with E-state index in [2.05, 4.69) is 0 Å². The Kier molecular flexibility index (Phi) is 4.39. The molecule has 1 aliphatic carbocycles. The highest BCUT2D eigenvalue weighted by Crippen LogP contribution is 2.25. The fourth-order valence-electron chi connectivity index (χ4n) is 1.91. The minimum atomic E-state index is -0.302. The molecule has 1 rings (SSSR count). The van der Waals surface area contributed by atoms with E-state index in [1.165, 1.54) is 17.7 Å². The van der Waals surface area contributed by atoms with E-state index >= 15 is 0 Å². The van der Waals surface area contributed by atoms with Crippen molar-refractivity contribution in [1.29, 1.82) is 0 Å². The van der Waals surface area contributed by atoms with Gasteiger partial charge in [0.15, 0.2) is 0 Å². The molecule has 1 aliphatic rings. The molecular weight excluding hydrogens is 192 g/mol. The number of rotatable bonds is 2. The molecular formula is C11H22N2O2. The largest absolute Gasteiger partial charge is 0.447 e. The fraction of sp³-hybridized carbons (Fsp3) is 0.909. The number of carbonyl (C=O) groups is 1. The zero-order valence-corrected chi connectivity index (χ0v) is 9.79. The van der Waals surface area contributed by atoms with Crippen LogP contribution in [-0.4, -0.2) is 37.2 Å². The molecule has 0 aromatic rings. The SMILES string of the molecule is CN(C)C(=O)OCC1(N)CCCCCC1. The molecule has 0 bridgehead atoms. The molecule has 0 aromatic heterocycles. The third-order valence-corrected chi connectivity index (χ3v) is 2.95. The van der Waals surface area contributed by atoms with Crippen LogP contribution in [0.15, 0.2) is 0 Å². The van der Waals surface area contributed by atoms with Gasteiger partial charge in [-0.05, 0) is 12.8 Å². The lowest BCUT2D eigenvalue weighted by Crippen LogP contribution is -2.45. The van der Waals surface area contributed by atoms with Crippen LogP contribution in [-0.2, 0) is 4.74 Å². The first-order chi connectivity index (χ1) is 7.03. The van der Waals surface area contributed by atoms with Crippen LogP contribution in [0.25, 0.3) is 0 Å². The van der Waals surface area contributed by atoms with Crippen molar-refractivity contribution < 1.29 is 9.53 Å². The van der Waals surface area contributed by atoms with Gasteiger partial charge in [0.1, 0.15) is 6.61 Å². The topological polar surface area (TPSA) is 55.6 Å². The summed E-state index contributed by atoms with van der Waals surface area (Å²) in [5.41, 5.74) is 5.92. The first kappa shape index (κ1) is 12.3. The highest BCUT2D eigenvalue weighted by molar-refractivity contribution is 5.66. The van der Waals surface area contributed by atoms with Gasteiger partial charge in [0.25, 0.3) is 0 Å². The molecule has 0 aliphatic heterocycles. The third-order valence-electron chi connectivity index (χ3n) is 2.95. The lowest BCUT2D eigenvalue weighted by molar-refractivity contribution is 0.0883. The number of hydrogen-bond donors (Lipinski definition) is 1. The van der Waals surface area contributed by atoms with Gasteiger partial charge in [0.2, 0.25) is 0 Å². The third kappa shape index (κ3) is 4.08. The molecule has 88 valence electrons. The van der Waals surface area contributed by atoms with Gasteiger partial charge in [-0.1, -0.05) is 25.7 Å². The summed E-state index contributed by atoms with van der Waals surface area (Å²) in [6, 6.07) is 0. The number of nitrogens with two attached hydrogens (primary N) is 1. The maximum absolute atomic E-state index is 11.3. The first-order valence-corrected chi connectivity index (χ1v) is 5.66. The minimum absolute atomic E-state index is 0.290. The van der Waals surface area contributed by atoms with E-state index in [4.69, 9.17) is 10.5 Å². The highest BCUT2D eigenvalue weighted by atomic mass is 16.6. The molecule has 1 amide bonds. The molecule has 0 radical (unpaired) electrons. The smallest absolute Gasteiger partial charge is 0.409 e. The Morgan fingerprint density at radius 2 is 1.80 bits per heavy atom. The Labute approximate surface area is 91.8 Å². The summed E-state index contributed by atoms with van der Waals surface area (Å²) in [6.45, 7) is 0.351. The number of nitrogens with zero attached hydrogens (tertiary/aromatic N) is 1. The van der Waals surface area contributed by atoms with E-state index in [9.17, 15) is 4.79 Å². The maximum Gasteiger partial charge on any atom is 0.409 e. The van der Waals surface area contributed by atoms with Gasteiger partial charge in [-0.25, -0.2) is 4.79 Å². The van der Waals surface area contributed by atoms with E-state index < -0.39 is 0 Å². The standard InChI is InChI=1S/C11H22N2O2/c1-13(2)10(14)15-9-11(12)7-5-3-4-6-8-11/h3-9,12H2,1-2H3. The Bertz CT molecular complexity index is 209. The molecule has 4 nitrogen and oxygen atoms in total. The Morgan fingerprint density at radius 3 is 2.27 bits per heavy atom. The van der Waals surface area contributed by atoms with Gasteiger partial charge < -0.3 is 15.4 Å². The van der Waals surface area contributed by atoms with E-state index in [1.54, 1.807) is 14.1 Å². The Hall–Kier alpha value is -0.770. The fourth-order valence-corrected chi connectivity index (χ4v) is 1.91. The van der Waals surface area contributed by atoms with Crippen LogP contribution < -0.4 is 5.73 Å². The van der Waals surface area contributed by atoms with E-state index in [0.717, 1.165) is 25.7 Å². The molecule has 0 aromatic carbocycles.